The second kappa shape index (κ2) is 8.22. The van der Waals surface area contributed by atoms with Crippen LogP contribution in [0, 0.1) is 0 Å². The molecule has 152 valence electrons. The molecule has 0 aliphatic carbocycles. The number of amides is 2. The number of hydrogen-bond acceptors (Lipinski definition) is 6. The third-order valence-corrected chi connectivity index (χ3v) is 6.33. The molecular formula is C19H31N3O5. The van der Waals surface area contributed by atoms with Crippen LogP contribution in [-0.2, 0) is 14.2 Å². The van der Waals surface area contributed by atoms with Crippen LogP contribution in [0.5, 0.6) is 0 Å². The Labute approximate surface area is 160 Å². The lowest BCUT2D eigenvalue weighted by atomic mass is 9.93. The van der Waals surface area contributed by atoms with E-state index in [-0.39, 0.29) is 18.3 Å². The van der Waals surface area contributed by atoms with Gasteiger partial charge >= 0.3 is 12.2 Å². The molecule has 2 amide bonds. The van der Waals surface area contributed by atoms with Gasteiger partial charge < -0.3 is 24.0 Å². The minimum absolute atomic E-state index is 0.0117. The number of carbonyl (C=O) groups is 2. The lowest BCUT2D eigenvalue weighted by molar-refractivity contribution is -0.0630. The van der Waals surface area contributed by atoms with Crippen LogP contribution < -0.4 is 0 Å². The van der Waals surface area contributed by atoms with E-state index in [0.717, 1.165) is 45.2 Å². The smallest absolute Gasteiger partial charge is 0.410 e. The fourth-order valence-electron chi connectivity index (χ4n) is 4.93. The van der Waals surface area contributed by atoms with E-state index in [4.69, 9.17) is 14.2 Å². The molecule has 2 unspecified atom stereocenters. The van der Waals surface area contributed by atoms with E-state index in [1.807, 2.05) is 11.8 Å². The maximum absolute atomic E-state index is 12.3. The monoisotopic (exact) mass is 381 g/mol. The normalized spacial score (nSPS) is 32.0. The average Bonchev–Trinajstić information content (AvgIpc) is 2.83. The van der Waals surface area contributed by atoms with Crippen LogP contribution in [0.3, 0.4) is 0 Å². The largest absolute Gasteiger partial charge is 0.450 e. The summed E-state index contributed by atoms with van der Waals surface area (Å²) in [6, 6.07) is 1.08. The molecule has 4 fully saturated rings. The van der Waals surface area contributed by atoms with E-state index in [9.17, 15) is 9.59 Å². The summed E-state index contributed by atoms with van der Waals surface area (Å²) in [6.07, 6.45) is 4.64. The van der Waals surface area contributed by atoms with Gasteiger partial charge in [0.1, 0.15) is 6.10 Å². The van der Waals surface area contributed by atoms with Crippen molar-refractivity contribution in [3.8, 4) is 0 Å². The molecule has 4 aliphatic heterocycles. The van der Waals surface area contributed by atoms with E-state index in [0.29, 0.717) is 51.0 Å². The summed E-state index contributed by atoms with van der Waals surface area (Å²) >= 11 is 0. The summed E-state index contributed by atoms with van der Waals surface area (Å²) in [5, 5.41) is 0. The molecule has 0 spiro atoms. The van der Waals surface area contributed by atoms with Crippen LogP contribution in [0.15, 0.2) is 0 Å². The minimum Gasteiger partial charge on any atom is -0.450 e. The number of carbonyl (C=O) groups excluding carboxylic acids is 2. The van der Waals surface area contributed by atoms with Crippen molar-refractivity contribution in [3.63, 3.8) is 0 Å². The Balaban J connectivity index is 1.22. The fraction of sp³-hybridized carbons (Fsp3) is 0.895. The number of hydrogen-bond donors (Lipinski definition) is 0. The summed E-state index contributed by atoms with van der Waals surface area (Å²) < 4.78 is 16.3. The zero-order valence-corrected chi connectivity index (χ0v) is 16.2. The first kappa shape index (κ1) is 18.8. The lowest BCUT2D eigenvalue weighted by Gasteiger charge is -2.48. The summed E-state index contributed by atoms with van der Waals surface area (Å²) in [7, 11) is 0. The number of nitrogens with zero attached hydrogens (tertiary/aromatic N) is 3. The van der Waals surface area contributed by atoms with Crippen LogP contribution in [0.1, 0.15) is 39.0 Å². The van der Waals surface area contributed by atoms with Gasteiger partial charge in [-0.1, -0.05) is 0 Å². The van der Waals surface area contributed by atoms with Crippen molar-refractivity contribution in [2.45, 2.75) is 63.3 Å². The molecule has 0 aromatic carbocycles. The van der Waals surface area contributed by atoms with Crippen molar-refractivity contribution in [2.24, 2.45) is 0 Å². The minimum atomic E-state index is -0.206. The standard InChI is InChI=1S/C19H31N3O5/c1-2-26-19(24)22-14-4-5-15(22)11-16(10-14)21-12-17(13-21)27-18(23)20-6-3-8-25-9-7-20/h14-17H,2-13H2,1H3. The molecule has 4 rings (SSSR count). The fourth-order valence-corrected chi connectivity index (χ4v) is 4.93. The third kappa shape index (κ3) is 4.01. The molecular weight excluding hydrogens is 350 g/mol. The molecule has 2 bridgehead atoms. The highest BCUT2D eigenvalue weighted by Gasteiger charge is 2.47. The van der Waals surface area contributed by atoms with Crippen molar-refractivity contribution in [1.82, 2.24) is 14.7 Å². The molecule has 8 heteroatoms. The van der Waals surface area contributed by atoms with Gasteiger partial charge in [-0.15, -0.1) is 0 Å². The molecule has 2 atom stereocenters. The first-order chi connectivity index (χ1) is 13.2. The van der Waals surface area contributed by atoms with Crippen LogP contribution >= 0.6 is 0 Å². The molecule has 4 saturated heterocycles. The maximum Gasteiger partial charge on any atom is 0.410 e. The van der Waals surface area contributed by atoms with E-state index >= 15 is 0 Å². The van der Waals surface area contributed by atoms with E-state index in [2.05, 4.69) is 4.90 Å². The Kier molecular flexibility index (Phi) is 5.73. The Morgan fingerprint density at radius 3 is 2.44 bits per heavy atom. The lowest BCUT2D eigenvalue weighted by Crippen LogP contribution is -2.61. The Morgan fingerprint density at radius 2 is 1.74 bits per heavy atom. The van der Waals surface area contributed by atoms with Crippen molar-refractivity contribution in [2.75, 3.05) is 46.0 Å². The van der Waals surface area contributed by atoms with Crippen LogP contribution in [0.2, 0.25) is 0 Å². The Morgan fingerprint density at radius 1 is 1.00 bits per heavy atom. The number of fused-ring (bicyclic) bond motifs is 2. The number of likely N-dealkylation sites (tertiary alicyclic amines) is 1. The second-order valence-electron chi connectivity index (χ2n) is 8.03. The van der Waals surface area contributed by atoms with Gasteiger partial charge in [-0.25, -0.2) is 9.59 Å². The Hall–Kier alpha value is -1.54. The van der Waals surface area contributed by atoms with Gasteiger partial charge in [0.15, 0.2) is 0 Å². The zero-order valence-electron chi connectivity index (χ0n) is 16.2. The SMILES string of the molecule is CCOC(=O)N1C2CCC1CC(N1CC(OC(=O)N3CCCOCC3)C1)C2. The molecule has 0 radical (unpaired) electrons. The molecule has 4 aliphatic rings. The molecule has 4 heterocycles. The highest BCUT2D eigenvalue weighted by atomic mass is 16.6. The van der Waals surface area contributed by atoms with Crippen LogP contribution in [0.25, 0.3) is 0 Å². The molecule has 0 aromatic heterocycles. The van der Waals surface area contributed by atoms with Gasteiger partial charge in [0, 0.05) is 50.9 Å². The van der Waals surface area contributed by atoms with Gasteiger partial charge in [-0.2, -0.15) is 0 Å². The van der Waals surface area contributed by atoms with Gasteiger partial charge in [0.25, 0.3) is 0 Å². The summed E-state index contributed by atoms with van der Waals surface area (Å²) in [4.78, 5) is 30.6. The summed E-state index contributed by atoms with van der Waals surface area (Å²) in [5.41, 5.74) is 0. The summed E-state index contributed by atoms with van der Waals surface area (Å²) in [6.45, 7) is 6.53. The first-order valence-corrected chi connectivity index (χ1v) is 10.4. The van der Waals surface area contributed by atoms with E-state index in [1.54, 1.807) is 4.90 Å². The van der Waals surface area contributed by atoms with Crippen molar-refractivity contribution >= 4 is 12.2 Å². The van der Waals surface area contributed by atoms with Gasteiger partial charge in [0.05, 0.1) is 13.2 Å². The third-order valence-electron chi connectivity index (χ3n) is 6.33. The first-order valence-electron chi connectivity index (χ1n) is 10.4. The number of piperidine rings is 1. The molecule has 27 heavy (non-hydrogen) atoms. The summed E-state index contributed by atoms with van der Waals surface area (Å²) in [5.74, 6) is 0. The highest BCUT2D eigenvalue weighted by Crippen LogP contribution is 2.39. The predicted octanol–water partition coefficient (Wildman–Crippen LogP) is 1.68. The predicted molar refractivity (Wildman–Crippen MR) is 97.5 cm³/mol. The topological polar surface area (TPSA) is 71.6 Å². The zero-order chi connectivity index (χ0) is 18.8. The van der Waals surface area contributed by atoms with Crippen LogP contribution in [0.4, 0.5) is 9.59 Å². The van der Waals surface area contributed by atoms with Gasteiger partial charge in [-0.05, 0) is 39.0 Å². The van der Waals surface area contributed by atoms with Gasteiger partial charge in [0.2, 0.25) is 0 Å². The van der Waals surface area contributed by atoms with E-state index < -0.39 is 0 Å². The van der Waals surface area contributed by atoms with Gasteiger partial charge in [-0.3, -0.25) is 4.90 Å². The van der Waals surface area contributed by atoms with Crippen LogP contribution in [-0.4, -0.2) is 97.1 Å². The molecule has 0 N–H and O–H groups in total. The quantitative estimate of drug-likeness (QED) is 0.741. The van der Waals surface area contributed by atoms with Crippen molar-refractivity contribution in [3.05, 3.63) is 0 Å². The number of rotatable bonds is 3. The van der Waals surface area contributed by atoms with E-state index in [1.165, 1.54) is 0 Å². The maximum atomic E-state index is 12.3. The second-order valence-corrected chi connectivity index (χ2v) is 8.03. The molecule has 8 nitrogen and oxygen atoms in total. The van der Waals surface area contributed by atoms with Crippen molar-refractivity contribution < 1.29 is 23.8 Å². The molecule has 0 saturated carbocycles. The van der Waals surface area contributed by atoms with Crippen molar-refractivity contribution in [1.29, 1.82) is 0 Å². The highest BCUT2D eigenvalue weighted by molar-refractivity contribution is 5.69. The Bertz CT molecular complexity index is 531. The number of ether oxygens (including phenoxy) is 3. The molecule has 0 aromatic rings. The average molecular weight is 381 g/mol.